The first-order valence-electron chi connectivity index (χ1n) is 6.82. The van der Waals surface area contributed by atoms with E-state index >= 15 is 0 Å². The molecule has 1 aromatic heterocycles. The van der Waals surface area contributed by atoms with Crippen molar-refractivity contribution in [2.24, 2.45) is 11.8 Å². The van der Waals surface area contributed by atoms with E-state index in [1.54, 1.807) is 0 Å². The van der Waals surface area contributed by atoms with E-state index in [4.69, 9.17) is 5.84 Å². The van der Waals surface area contributed by atoms with Crippen molar-refractivity contribution in [1.82, 2.24) is 15.2 Å². The number of aryl methyl sites for hydroxylation is 1. The number of hydrogen-bond acceptors (Lipinski definition) is 3. The van der Waals surface area contributed by atoms with E-state index in [9.17, 15) is 0 Å². The van der Waals surface area contributed by atoms with Crippen molar-refractivity contribution in [2.45, 2.75) is 58.0 Å². The smallest absolute Gasteiger partial charge is 0.0538 e. The zero-order valence-electron chi connectivity index (χ0n) is 10.7. The van der Waals surface area contributed by atoms with Crippen LogP contribution in [0.15, 0.2) is 12.4 Å². The lowest BCUT2D eigenvalue weighted by atomic mass is 9.84. The molecule has 1 aromatic rings. The number of nitrogens with zero attached hydrogens (tertiary/aromatic N) is 2. The summed E-state index contributed by atoms with van der Waals surface area (Å²) in [6.07, 6.45) is 12.1. The van der Waals surface area contributed by atoms with Crippen LogP contribution in [-0.2, 0) is 6.54 Å². The van der Waals surface area contributed by atoms with Crippen molar-refractivity contribution in [3.8, 4) is 0 Å². The number of aromatic nitrogens is 2. The van der Waals surface area contributed by atoms with Gasteiger partial charge in [-0.3, -0.25) is 16.0 Å². The number of nitrogens with one attached hydrogen (secondary N) is 1. The van der Waals surface area contributed by atoms with Crippen LogP contribution in [0.25, 0.3) is 0 Å². The highest BCUT2D eigenvalue weighted by Crippen LogP contribution is 2.31. The maximum atomic E-state index is 5.69. The van der Waals surface area contributed by atoms with Crippen molar-refractivity contribution in [1.29, 1.82) is 0 Å². The lowest BCUT2D eigenvalue weighted by Crippen LogP contribution is -2.30. The maximum Gasteiger partial charge on any atom is 0.0538 e. The number of hydrogen-bond donors (Lipinski definition) is 2. The fraction of sp³-hybridized carbons (Fsp3) is 0.769. The largest absolute Gasteiger partial charge is 0.273 e. The molecule has 4 heteroatoms. The van der Waals surface area contributed by atoms with Gasteiger partial charge in [0.05, 0.1) is 6.20 Å². The summed E-state index contributed by atoms with van der Waals surface area (Å²) in [5.74, 6) is 6.51. The van der Waals surface area contributed by atoms with E-state index in [0.29, 0.717) is 0 Å². The van der Waals surface area contributed by atoms with Gasteiger partial charge in [-0.05, 0) is 19.3 Å². The fourth-order valence-corrected chi connectivity index (χ4v) is 2.79. The number of hydrazine groups is 1. The van der Waals surface area contributed by atoms with E-state index < -0.39 is 0 Å². The summed E-state index contributed by atoms with van der Waals surface area (Å²) < 4.78 is 1.96. The predicted molar refractivity (Wildman–Crippen MR) is 69.2 cm³/mol. The second kappa shape index (κ2) is 6.17. The van der Waals surface area contributed by atoms with Gasteiger partial charge in [0.1, 0.15) is 0 Å². The van der Waals surface area contributed by atoms with Gasteiger partial charge in [-0.25, -0.2) is 0 Å². The topological polar surface area (TPSA) is 55.9 Å². The summed E-state index contributed by atoms with van der Waals surface area (Å²) >= 11 is 0. The Morgan fingerprint density at radius 1 is 1.47 bits per heavy atom. The molecule has 0 saturated heterocycles. The van der Waals surface area contributed by atoms with Crippen LogP contribution >= 0.6 is 0 Å². The van der Waals surface area contributed by atoms with E-state index in [1.165, 1.54) is 37.7 Å². The van der Waals surface area contributed by atoms with Gasteiger partial charge in [0.2, 0.25) is 0 Å². The third-order valence-electron chi connectivity index (χ3n) is 3.87. The highest BCUT2D eigenvalue weighted by atomic mass is 15.3. The first-order valence-corrected chi connectivity index (χ1v) is 6.82. The Morgan fingerprint density at radius 2 is 2.24 bits per heavy atom. The summed E-state index contributed by atoms with van der Waals surface area (Å²) in [6.45, 7) is 3.02. The van der Waals surface area contributed by atoms with Crippen LogP contribution in [0.3, 0.4) is 0 Å². The van der Waals surface area contributed by atoms with Crippen LogP contribution in [0.4, 0.5) is 0 Å². The highest BCUT2D eigenvalue weighted by Gasteiger charge is 2.20. The monoisotopic (exact) mass is 236 g/mol. The second-order valence-electron chi connectivity index (χ2n) is 5.09. The van der Waals surface area contributed by atoms with Crippen LogP contribution in [0.2, 0.25) is 0 Å². The molecule has 0 amide bonds. The van der Waals surface area contributed by atoms with Crippen LogP contribution in [-0.4, -0.2) is 9.78 Å². The summed E-state index contributed by atoms with van der Waals surface area (Å²) in [5, 5.41) is 4.32. The van der Waals surface area contributed by atoms with Gasteiger partial charge in [0.15, 0.2) is 0 Å². The molecule has 96 valence electrons. The van der Waals surface area contributed by atoms with Crippen LogP contribution in [0.5, 0.6) is 0 Å². The van der Waals surface area contributed by atoms with Gasteiger partial charge in [-0.1, -0.05) is 32.1 Å². The molecular weight excluding hydrogens is 212 g/mol. The van der Waals surface area contributed by atoms with Gasteiger partial charge in [0.25, 0.3) is 0 Å². The van der Waals surface area contributed by atoms with Gasteiger partial charge >= 0.3 is 0 Å². The predicted octanol–water partition coefficient (Wildman–Crippen LogP) is 2.38. The molecule has 3 N–H and O–H groups in total. The Balaban J connectivity index is 1.95. The standard InChI is InChI=1S/C13H24N4/c1-2-17-10-12(9-15-17)13(16-14)8-11-6-4-3-5-7-11/h9-11,13,16H,2-8,14H2,1H3. The molecule has 1 saturated carbocycles. The molecule has 1 atom stereocenters. The van der Waals surface area contributed by atoms with Crippen molar-refractivity contribution in [3.63, 3.8) is 0 Å². The normalized spacial score (nSPS) is 19.4. The van der Waals surface area contributed by atoms with Crippen LogP contribution in [0.1, 0.15) is 57.1 Å². The third kappa shape index (κ3) is 3.30. The molecule has 2 rings (SSSR count). The van der Waals surface area contributed by atoms with E-state index in [0.717, 1.165) is 18.9 Å². The van der Waals surface area contributed by atoms with Crippen molar-refractivity contribution in [2.75, 3.05) is 0 Å². The van der Waals surface area contributed by atoms with Crippen molar-refractivity contribution in [3.05, 3.63) is 18.0 Å². The van der Waals surface area contributed by atoms with Gasteiger partial charge in [-0.15, -0.1) is 0 Å². The molecule has 1 heterocycles. The Labute approximate surface area is 104 Å². The van der Waals surface area contributed by atoms with E-state index in [-0.39, 0.29) is 6.04 Å². The quantitative estimate of drug-likeness (QED) is 0.609. The van der Waals surface area contributed by atoms with Gasteiger partial charge < -0.3 is 0 Å². The molecule has 1 unspecified atom stereocenters. The minimum absolute atomic E-state index is 0.262. The fourth-order valence-electron chi connectivity index (χ4n) is 2.79. The summed E-state index contributed by atoms with van der Waals surface area (Å²) in [5.41, 5.74) is 4.17. The lowest BCUT2D eigenvalue weighted by molar-refractivity contribution is 0.301. The first-order chi connectivity index (χ1) is 8.33. The molecular formula is C13H24N4. The average Bonchev–Trinajstić information content (AvgIpc) is 2.86. The Hall–Kier alpha value is -0.870. The summed E-state index contributed by atoms with van der Waals surface area (Å²) in [7, 11) is 0. The molecule has 0 radical (unpaired) electrons. The Kier molecular flexibility index (Phi) is 4.57. The molecule has 1 fully saturated rings. The zero-order chi connectivity index (χ0) is 12.1. The molecule has 0 bridgehead atoms. The molecule has 1 aliphatic carbocycles. The second-order valence-corrected chi connectivity index (χ2v) is 5.09. The molecule has 0 aliphatic heterocycles. The van der Waals surface area contributed by atoms with Gasteiger partial charge in [0, 0.05) is 24.3 Å². The number of nitrogens with two attached hydrogens (primary N) is 1. The lowest BCUT2D eigenvalue weighted by Gasteiger charge is -2.25. The molecule has 4 nitrogen and oxygen atoms in total. The van der Waals surface area contributed by atoms with Crippen molar-refractivity contribution < 1.29 is 0 Å². The van der Waals surface area contributed by atoms with E-state index in [1.807, 2.05) is 10.9 Å². The summed E-state index contributed by atoms with van der Waals surface area (Å²) in [6, 6.07) is 0.262. The zero-order valence-corrected chi connectivity index (χ0v) is 10.7. The summed E-state index contributed by atoms with van der Waals surface area (Å²) in [4.78, 5) is 0. The Morgan fingerprint density at radius 3 is 2.82 bits per heavy atom. The first kappa shape index (κ1) is 12.6. The van der Waals surface area contributed by atoms with E-state index in [2.05, 4.69) is 23.6 Å². The van der Waals surface area contributed by atoms with Crippen LogP contribution in [0, 0.1) is 5.92 Å². The molecule has 1 aliphatic rings. The highest BCUT2D eigenvalue weighted by molar-refractivity contribution is 5.10. The number of rotatable bonds is 5. The Bertz CT molecular complexity index is 328. The SMILES string of the molecule is CCn1cc(C(CC2CCCCC2)NN)cn1. The maximum absolute atomic E-state index is 5.69. The molecule has 17 heavy (non-hydrogen) atoms. The van der Waals surface area contributed by atoms with Gasteiger partial charge in [-0.2, -0.15) is 5.10 Å². The minimum atomic E-state index is 0.262. The van der Waals surface area contributed by atoms with Crippen LogP contribution < -0.4 is 11.3 Å². The molecule has 0 spiro atoms. The molecule has 0 aromatic carbocycles. The average molecular weight is 236 g/mol. The minimum Gasteiger partial charge on any atom is -0.273 e. The van der Waals surface area contributed by atoms with Crippen molar-refractivity contribution >= 4 is 0 Å². The third-order valence-corrected chi connectivity index (χ3v) is 3.87.